The third-order valence-electron chi connectivity index (χ3n) is 6.33. The standard InChI is InChI=1S/C24H22F3N5O4/c1-34-17-9-14(10-18(35-2)21(17)36-3)13-7-15-19(16(33)8-13)20(12-5-4-6-28-11-12)32-23(29-15)30-22(31-32)24(25,26)27/h4-6,9-11,13,20H,7-8H2,1-3H3,(H,29,30,31)/t13-,20-/m0/s1. The van der Waals surface area contributed by atoms with E-state index in [0.717, 1.165) is 10.2 Å². The maximum Gasteiger partial charge on any atom is 0.453 e. The predicted octanol–water partition coefficient (Wildman–Crippen LogP) is 4.13. The summed E-state index contributed by atoms with van der Waals surface area (Å²) in [6.07, 6.45) is -1.20. The third kappa shape index (κ3) is 3.91. The molecule has 0 saturated heterocycles. The minimum Gasteiger partial charge on any atom is -0.493 e. The van der Waals surface area contributed by atoms with Crippen molar-refractivity contribution in [3.63, 3.8) is 0 Å². The summed E-state index contributed by atoms with van der Waals surface area (Å²) < 4.78 is 57.7. The van der Waals surface area contributed by atoms with E-state index in [1.165, 1.54) is 27.5 Å². The van der Waals surface area contributed by atoms with Gasteiger partial charge >= 0.3 is 6.18 Å². The molecule has 2 aliphatic rings. The zero-order valence-electron chi connectivity index (χ0n) is 19.6. The number of methoxy groups -OCH3 is 3. The molecule has 5 rings (SSSR count). The zero-order valence-corrected chi connectivity index (χ0v) is 19.6. The molecule has 1 aliphatic heterocycles. The monoisotopic (exact) mass is 501 g/mol. The van der Waals surface area contributed by atoms with Gasteiger partial charge in [-0.1, -0.05) is 6.07 Å². The zero-order chi connectivity index (χ0) is 25.6. The van der Waals surface area contributed by atoms with E-state index < -0.39 is 18.0 Å². The van der Waals surface area contributed by atoms with Gasteiger partial charge in [-0.2, -0.15) is 18.2 Å². The number of hydrogen-bond acceptors (Lipinski definition) is 8. The number of carbonyl (C=O) groups is 1. The summed E-state index contributed by atoms with van der Waals surface area (Å²) in [4.78, 5) is 21.3. The second kappa shape index (κ2) is 8.85. The Balaban J connectivity index is 1.60. The molecule has 0 bridgehead atoms. The number of fused-ring (bicyclic) bond motifs is 1. The molecule has 0 unspecified atom stereocenters. The lowest BCUT2D eigenvalue weighted by atomic mass is 9.78. The van der Waals surface area contributed by atoms with Crippen molar-refractivity contribution < 1.29 is 32.2 Å². The van der Waals surface area contributed by atoms with Gasteiger partial charge in [0.05, 0.1) is 21.3 Å². The first-order valence-electron chi connectivity index (χ1n) is 11.0. The molecule has 3 heterocycles. The average molecular weight is 501 g/mol. The van der Waals surface area contributed by atoms with Crippen LogP contribution in [0.25, 0.3) is 0 Å². The molecule has 1 aliphatic carbocycles. The molecule has 12 heteroatoms. The van der Waals surface area contributed by atoms with E-state index in [2.05, 4.69) is 20.4 Å². The molecule has 188 valence electrons. The molecule has 2 aromatic heterocycles. The fraction of sp³-hybridized carbons (Fsp3) is 0.333. The van der Waals surface area contributed by atoms with Crippen LogP contribution in [-0.4, -0.2) is 46.9 Å². The van der Waals surface area contributed by atoms with Crippen LogP contribution in [0.1, 0.15) is 41.8 Å². The first-order chi connectivity index (χ1) is 17.2. The second-order valence-electron chi connectivity index (χ2n) is 8.39. The molecule has 0 fully saturated rings. The number of carbonyl (C=O) groups excluding carboxylic acids is 1. The van der Waals surface area contributed by atoms with Crippen LogP contribution < -0.4 is 19.5 Å². The fourth-order valence-corrected chi connectivity index (χ4v) is 4.75. The van der Waals surface area contributed by atoms with Crippen LogP contribution in [0.4, 0.5) is 19.1 Å². The fourth-order valence-electron chi connectivity index (χ4n) is 4.75. The van der Waals surface area contributed by atoms with Crippen molar-refractivity contribution in [3.05, 3.63) is 64.9 Å². The first kappa shape index (κ1) is 23.6. The number of allylic oxidation sites excluding steroid dienone is 2. The van der Waals surface area contributed by atoms with Crippen LogP contribution >= 0.6 is 0 Å². The van der Waals surface area contributed by atoms with Gasteiger partial charge in [0.15, 0.2) is 17.3 Å². The quantitative estimate of drug-likeness (QED) is 0.557. The Labute approximate surface area is 203 Å². The van der Waals surface area contributed by atoms with Gasteiger partial charge in [-0.05, 0) is 41.7 Å². The Morgan fingerprint density at radius 1 is 1.06 bits per heavy atom. The summed E-state index contributed by atoms with van der Waals surface area (Å²) in [5, 5.41) is 6.65. The SMILES string of the molecule is COc1cc([C@@H]2CC(=O)C3=C(C2)Nc2nc(C(F)(F)F)nn2[C@H]3c2cccnc2)cc(OC)c1OC. The molecule has 36 heavy (non-hydrogen) atoms. The van der Waals surface area contributed by atoms with Crippen molar-refractivity contribution in [2.75, 3.05) is 26.6 Å². The number of nitrogens with one attached hydrogen (secondary N) is 1. The lowest BCUT2D eigenvalue weighted by Crippen LogP contribution is -2.33. The minimum atomic E-state index is -4.74. The summed E-state index contributed by atoms with van der Waals surface area (Å²) in [6.45, 7) is 0. The van der Waals surface area contributed by atoms with E-state index in [0.29, 0.717) is 40.5 Å². The Morgan fingerprint density at radius 3 is 2.36 bits per heavy atom. The Morgan fingerprint density at radius 2 is 1.78 bits per heavy atom. The Bertz CT molecular complexity index is 1330. The van der Waals surface area contributed by atoms with Gasteiger partial charge in [-0.3, -0.25) is 9.78 Å². The van der Waals surface area contributed by atoms with E-state index >= 15 is 0 Å². The van der Waals surface area contributed by atoms with E-state index in [-0.39, 0.29) is 24.1 Å². The summed E-state index contributed by atoms with van der Waals surface area (Å²) in [7, 11) is 4.50. The Kier molecular flexibility index (Phi) is 5.81. The number of halogens is 3. The van der Waals surface area contributed by atoms with Crippen molar-refractivity contribution in [1.29, 1.82) is 0 Å². The minimum absolute atomic E-state index is 0.0896. The average Bonchev–Trinajstić information content (AvgIpc) is 3.31. The van der Waals surface area contributed by atoms with Gasteiger partial charge in [0.2, 0.25) is 11.7 Å². The van der Waals surface area contributed by atoms with E-state index in [1.807, 2.05) is 0 Å². The van der Waals surface area contributed by atoms with Gasteiger partial charge in [-0.25, -0.2) is 4.68 Å². The lowest BCUT2D eigenvalue weighted by Gasteiger charge is -2.35. The molecule has 2 atom stereocenters. The maximum atomic E-state index is 13.6. The van der Waals surface area contributed by atoms with Gasteiger partial charge in [0.1, 0.15) is 6.04 Å². The number of Topliss-reactive ketones (excluding diaryl/α,β-unsaturated/α-hetero) is 1. The largest absolute Gasteiger partial charge is 0.493 e. The summed E-state index contributed by atoms with van der Waals surface area (Å²) in [5.41, 5.74) is 2.14. The molecule has 1 N–H and O–H groups in total. The molecule has 0 spiro atoms. The summed E-state index contributed by atoms with van der Waals surface area (Å²) in [6, 6.07) is 6.02. The van der Waals surface area contributed by atoms with E-state index in [9.17, 15) is 18.0 Å². The van der Waals surface area contributed by atoms with Crippen LogP contribution in [0, 0.1) is 0 Å². The number of alkyl halides is 3. The van der Waals surface area contributed by atoms with Crippen LogP contribution in [0.5, 0.6) is 17.2 Å². The molecule has 3 aromatic rings. The maximum absolute atomic E-state index is 13.6. The highest BCUT2D eigenvalue weighted by atomic mass is 19.4. The van der Waals surface area contributed by atoms with Crippen molar-refractivity contribution in [1.82, 2.24) is 19.7 Å². The molecular formula is C24H22F3N5O4. The number of ether oxygens (including phenoxy) is 3. The second-order valence-corrected chi connectivity index (χ2v) is 8.39. The molecule has 0 saturated carbocycles. The van der Waals surface area contributed by atoms with E-state index in [1.54, 1.807) is 30.5 Å². The normalized spacial score (nSPS) is 19.3. The van der Waals surface area contributed by atoms with Gasteiger partial charge in [0, 0.05) is 30.1 Å². The number of aromatic nitrogens is 4. The predicted molar refractivity (Wildman–Crippen MR) is 121 cm³/mol. The molecule has 0 radical (unpaired) electrons. The number of hydrogen-bond donors (Lipinski definition) is 1. The number of rotatable bonds is 5. The smallest absolute Gasteiger partial charge is 0.453 e. The van der Waals surface area contributed by atoms with Crippen LogP contribution in [0.15, 0.2) is 47.9 Å². The van der Waals surface area contributed by atoms with Crippen molar-refractivity contribution in [2.24, 2.45) is 0 Å². The van der Waals surface area contributed by atoms with Crippen LogP contribution in [0.3, 0.4) is 0 Å². The molecule has 0 amide bonds. The number of anilines is 1. The highest BCUT2D eigenvalue weighted by molar-refractivity contribution is 6.00. The number of benzene rings is 1. The van der Waals surface area contributed by atoms with Crippen molar-refractivity contribution >= 4 is 11.7 Å². The van der Waals surface area contributed by atoms with Crippen LogP contribution in [0.2, 0.25) is 0 Å². The number of pyridine rings is 1. The molecule has 1 aromatic carbocycles. The highest BCUT2D eigenvalue weighted by Crippen LogP contribution is 2.47. The highest BCUT2D eigenvalue weighted by Gasteiger charge is 2.43. The van der Waals surface area contributed by atoms with Crippen molar-refractivity contribution in [3.8, 4) is 17.2 Å². The topological polar surface area (TPSA) is 100 Å². The van der Waals surface area contributed by atoms with Gasteiger partial charge in [0.25, 0.3) is 5.82 Å². The summed E-state index contributed by atoms with van der Waals surface area (Å²) >= 11 is 0. The van der Waals surface area contributed by atoms with Crippen LogP contribution in [-0.2, 0) is 11.0 Å². The first-order valence-corrected chi connectivity index (χ1v) is 11.0. The lowest BCUT2D eigenvalue weighted by molar-refractivity contribution is -0.145. The van der Waals surface area contributed by atoms with Gasteiger partial charge in [-0.15, -0.1) is 5.10 Å². The van der Waals surface area contributed by atoms with Crippen molar-refractivity contribution in [2.45, 2.75) is 31.0 Å². The summed E-state index contributed by atoms with van der Waals surface area (Å²) in [5.74, 6) is -0.571. The number of nitrogens with zero attached hydrogens (tertiary/aromatic N) is 4. The molecular weight excluding hydrogens is 479 g/mol. The molecule has 9 nitrogen and oxygen atoms in total. The number of ketones is 1. The third-order valence-corrected chi connectivity index (χ3v) is 6.33. The van der Waals surface area contributed by atoms with Gasteiger partial charge < -0.3 is 19.5 Å². The van der Waals surface area contributed by atoms with E-state index in [4.69, 9.17) is 14.2 Å². The Hall–Kier alpha value is -4.09.